The zero-order chi connectivity index (χ0) is 19.9. The van der Waals surface area contributed by atoms with Gasteiger partial charge in [-0.05, 0) is 54.7 Å². The molecule has 29 heavy (non-hydrogen) atoms. The Labute approximate surface area is 171 Å². The van der Waals surface area contributed by atoms with Crippen molar-refractivity contribution < 1.29 is 9.21 Å². The Kier molecular flexibility index (Phi) is 6.10. The maximum Gasteiger partial charge on any atom is 0.252 e. The fraction of sp³-hybridized carbons (Fsp3) is 0.240. The maximum atomic E-state index is 12.9. The highest BCUT2D eigenvalue weighted by Gasteiger charge is 2.16. The van der Waals surface area contributed by atoms with E-state index < -0.39 is 0 Å². The van der Waals surface area contributed by atoms with E-state index in [1.165, 1.54) is 17.7 Å². The summed E-state index contributed by atoms with van der Waals surface area (Å²) in [5.74, 6) is 0.593. The Balaban J connectivity index is 1.37. The fourth-order valence-electron chi connectivity index (χ4n) is 3.82. The standard InChI is InChI=1S/C25H26N2O2/c28-25(23(19-22-13-7-18-29-22)20-9-2-1-3-10-20)26-15-8-17-27-16-6-12-21-11-4-5-14-24(21)27/h1-5,7,9-11,13-14,18-19H,6,8,12,15-17H2,(H,26,28)/b23-19+. The summed E-state index contributed by atoms with van der Waals surface area (Å²) in [5.41, 5.74) is 4.26. The molecule has 0 fully saturated rings. The molecular formula is C25H26N2O2. The lowest BCUT2D eigenvalue weighted by Crippen LogP contribution is -2.33. The van der Waals surface area contributed by atoms with Gasteiger partial charge in [-0.15, -0.1) is 0 Å². The van der Waals surface area contributed by atoms with Crippen LogP contribution in [0.25, 0.3) is 11.6 Å². The number of furan rings is 1. The molecule has 2 heterocycles. The molecule has 1 aliphatic heterocycles. The Morgan fingerprint density at radius 1 is 1.03 bits per heavy atom. The zero-order valence-electron chi connectivity index (χ0n) is 16.5. The smallest absolute Gasteiger partial charge is 0.252 e. The molecule has 4 nitrogen and oxygen atoms in total. The highest BCUT2D eigenvalue weighted by molar-refractivity contribution is 6.24. The third-order valence-electron chi connectivity index (χ3n) is 5.26. The molecule has 0 spiro atoms. The Hall–Kier alpha value is -3.27. The number of hydrogen-bond acceptors (Lipinski definition) is 3. The predicted octanol–water partition coefficient (Wildman–Crippen LogP) is 4.78. The van der Waals surface area contributed by atoms with Gasteiger partial charge >= 0.3 is 0 Å². The van der Waals surface area contributed by atoms with E-state index in [-0.39, 0.29) is 5.91 Å². The highest BCUT2D eigenvalue weighted by atomic mass is 16.3. The van der Waals surface area contributed by atoms with Crippen LogP contribution >= 0.6 is 0 Å². The minimum atomic E-state index is -0.0772. The summed E-state index contributed by atoms with van der Waals surface area (Å²) in [5, 5.41) is 3.08. The largest absolute Gasteiger partial charge is 0.465 e. The van der Waals surface area contributed by atoms with Crippen LogP contribution in [0.1, 0.15) is 29.7 Å². The van der Waals surface area contributed by atoms with E-state index in [4.69, 9.17) is 4.42 Å². The first-order valence-electron chi connectivity index (χ1n) is 10.2. The molecule has 0 radical (unpaired) electrons. The summed E-state index contributed by atoms with van der Waals surface area (Å²) in [6.07, 6.45) is 6.66. The first-order valence-corrected chi connectivity index (χ1v) is 10.2. The minimum Gasteiger partial charge on any atom is -0.465 e. The number of amides is 1. The number of carbonyl (C=O) groups is 1. The molecule has 4 rings (SSSR count). The van der Waals surface area contributed by atoms with E-state index in [1.54, 1.807) is 12.3 Å². The number of anilines is 1. The van der Waals surface area contributed by atoms with Gasteiger partial charge in [0.15, 0.2) is 0 Å². The van der Waals surface area contributed by atoms with Gasteiger partial charge in [0.2, 0.25) is 0 Å². The predicted molar refractivity (Wildman–Crippen MR) is 118 cm³/mol. The van der Waals surface area contributed by atoms with Crippen LogP contribution in [0.4, 0.5) is 5.69 Å². The number of aryl methyl sites for hydroxylation is 1. The third kappa shape index (κ3) is 4.77. The highest BCUT2D eigenvalue weighted by Crippen LogP contribution is 2.26. The molecule has 0 aliphatic carbocycles. The van der Waals surface area contributed by atoms with E-state index in [0.29, 0.717) is 17.9 Å². The average Bonchev–Trinajstić information content (AvgIpc) is 3.29. The second kappa shape index (κ2) is 9.28. The van der Waals surface area contributed by atoms with Crippen LogP contribution < -0.4 is 10.2 Å². The van der Waals surface area contributed by atoms with E-state index in [0.717, 1.165) is 31.5 Å². The minimum absolute atomic E-state index is 0.0772. The Bertz CT molecular complexity index is 962. The molecule has 0 saturated carbocycles. The molecule has 0 unspecified atom stereocenters. The van der Waals surface area contributed by atoms with Crippen LogP contribution in [-0.4, -0.2) is 25.5 Å². The lowest BCUT2D eigenvalue weighted by molar-refractivity contribution is -0.115. The van der Waals surface area contributed by atoms with Crippen molar-refractivity contribution in [3.05, 3.63) is 89.9 Å². The first kappa shape index (κ1) is 19.1. The molecular weight excluding hydrogens is 360 g/mol. The number of rotatable bonds is 7. The van der Waals surface area contributed by atoms with Crippen molar-refractivity contribution in [2.75, 3.05) is 24.5 Å². The van der Waals surface area contributed by atoms with E-state index in [1.807, 2.05) is 42.5 Å². The molecule has 1 aliphatic rings. The van der Waals surface area contributed by atoms with Gasteiger partial charge in [-0.2, -0.15) is 0 Å². The van der Waals surface area contributed by atoms with E-state index in [2.05, 4.69) is 34.5 Å². The van der Waals surface area contributed by atoms with Crippen LogP contribution in [0, 0.1) is 0 Å². The van der Waals surface area contributed by atoms with Crippen molar-refractivity contribution in [2.45, 2.75) is 19.3 Å². The van der Waals surface area contributed by atoms with Gasteiger partial charge in [0.05, 0.1) is 11.8 Å². The molecule has 4 heteroatoms. The molecule has 0 bridgehead atoms. The van der Waals surface area contributed by atoms with Gasteiger partial charge in [0.25, 0.3) is 5.91 Å². The summed E-state index contributed by atoms with van der Waals surface area (Å²) in [7, 11) is 0. The molecule has 1 amide bonds. The summed E-state index contributed by atoms with van der Waals surface area (Å²) in [6, 6.07) is 22.0. The molecule has 1 aromatic heterocycles. The summed E-state index contributed by atoms with van der Waals surface area (Å²) >= 11 is 0. The first-order chi connectivity index (χ1) is 14.3. The van der Waals surface area contributed by atoms with Gasteiger partial charge in [0, 0.05) is 25.3 Å². The quantitative estimate of drug-likeness (QED) is 0.469. The number of carbonyl (C=O) groups excluding carboxylic acids is 1. The lowest BCUT2D eigenvalue weighted by atomic mass is 10.0. The van der Waals surface area contributed by atoms with Crippen LogP contribution in [-0.2, 0) is 11.2 Å². The van der Waals surface area contributed by atoms with Crippen molar-refractivity contribution >= 4 is 23.2 Å². The summed E-state index contributed by atoms with van der Waals surface area (Å²) in [6.45, 7) is 2.66. The normalized spacial score (nSPS) is 13.8. The number of para-hydroxylation sites is 1. The van der Waals surface area contributed by atoms with Gasteiger partial charge in [0.1, 0.15) is 5.76 Å². The van der Waals surface area contributed by atoms with Crippen molar-refractivity contribution in [3.63, 3.8) is 0 Å². The van der Waals surface area contributed by atoms with Crippen LogP contribution in [0.5, 0.6) is 0 Å². The van der Waals surface area contributed by atoms with Crippen molar-refractivity contribution in [1.29, 1.82) is 0 Å². The fourth-order valence-corrected chi connectivity index (χ4v) is 3.82. The maximum absolute atomic E-state index is 12.9. The monoisotopic (exact) mass is 386 g/mol. The molecule has 1 N–H and O–H groups in total. The van der Waals surface area contributed by atoms with Crippen LogP contribution in [0.15, 0.2) is 77.4 Å². The van der Waals surface area contributed by atoms with E-state index >= 15 is 0 Å². The molecule has 2 aromatic carbocycles. The topological polar surface area (TPSA) is 45.5 Å². The second-order valence-electron chi connectivity index (χ2n) is 7.27. The number of fused-ring (bicyclic) bond motifs is 1. The van der Waals surface area contributed by atoms with Gasteiger partial charge < -0.3 is 14.6 Å². The molecule has 148 valence electrons. The van der Waals surface area contributed by atoms with Gasteiger partial charge in [-0.3, -0.25) is 4.79 Å². The second-order valence-corrected chi connectivity index (χ2v) is 7.27. The van der Waals surface area contributed by atoms with Crippen LogP contribution in [0.2, 0.25) is 0 Å². The Morgan fingerprint density at radius 2 is 1.86 bits per heavy atom. The van der Waals surface area contributed by atoms with Gasteiger partial charge in [-0.1, -0.05) is 48.5 Å². The van der Waals surface area contributed by atoms with Crippen LogP contribution in [0.3, 0.4) is 0 Å². The zero-order valence-corrected chi connectivity index (χ0v) is 16.5. The molecule has 0 saturated heterocycles. The molecule has 0 atom stereocenters. The SMILES string of the molecule is O=C(NCCCN1CCCc2ccccc21)/C(=C/c1ccco1)c1ccccc1. The van der Waals surface area contributed by atoms with Gasteiger partial charge in [-0.25, -0.2) is 0 Å². The van der Waals surface area contributed by atoms with Crippen molar-refractivity contribution in [2.24, 2.45) is 0 Å². The lowest BCUT2D eigenvalue weighted by Gasteiger charge is -2.31. The van der Waals surface area contributed by atoms with E-state index in [9.17, 15) is 4.79 Å². The summed E-state index contributed by atoms with van der Waals surface area (Å²) in [4.78, 5) is 15.3. The Morgan fingerprint density at radius 3 is 2.69 bits per heavy atom. The van der Waals surface area contributed by atoms with Crippen molar-refractivity contribution in [1.82, 2.24) is 5.32 Å². The third-order valence-corrected chi connectivity index (χ3v) is 5.26. The number of nitrogens with one attached hydrogen (secondary N) is 1. The summed E-state index contributed by atoms with van der Waals surface area (Å²) < 4.78 is 5.41. The number of nitrogens with zero attached hydrogens (tertiary/aromatic N) is 1. The number of hydrogen-bond donors (Lipinski definition) is 1. The van der Waals surface area contributed by atoms with Crippen molar-refractivity contribution in [3.8, 4) is 0 Å². The molecule has 3 aromatic rings. The average molecular weight is 386 g/mol. The number of benzene rings is 2.